The van der Waals surface area contributed by atoms with Crippen molar-refractivity contribution >= 4 is 11.6 Å². The molecule has 2 N–H and O–H groups in total. The lowest BCUT2D eigenvalue weighted by Gasteiger charge is -2.24. The maximum Gasteiger partial charge on any atom is 0.160 e. The smallest absolute Gasteiger partial charge is 0.160 e. The van der Waals surface area contributed by atoms with Gasteiger partial charge < -0.3 is 14.9 Å². The van der Waals surface area contributed by atoms with Crippen molar-refractivity contribution in [3.05, 3.63) is 22.7 Å². The number of hydrogen-bond donors (Lipinski definition) is 2. The van der Waals surface area contributed by atoms with Gasteiger partial charge in [-0.15, -0.1) is 0 Å². The van der Waals surface area contributed by atoms with Crippen molar-refractivity contribution in [1.29, 1.82) is 0 Å². The summed E-state index contributed by atoms with van der Waals surface area (Å²) >= 11 is 6.00. The number of benzene rings is 1. The fourth-order valence-corrected chi connectivity index (χ4v) is 1.72. The molecular weight excluding hydrogens is 216 g/mol. The highest BCUT2D eigenvalue weighted by atomic mass is 35.5. The van der Waals surface area contributed by atoms with Gasteiger partial charge in [0.2, 0.25) is 0 Å². The number of aliphatic hydroxyl groups is 1. The molecule has 0 aliphatic carbocycles. The average molecular weight is 231 g/mol. The topological polar surface area (TPSA) is 49.7 Å². The second kappa shape index (κ2) is 4.29. The van der Waals surface area contributed by atoms with E-state index in [1.165, 1.54) is 13.2 Å². The van der Waals surface area contributed by atoms with Crippen LogP contribution in [0.25, 0.3) is 0 Å². The molecule has 0 heterocycles. The van der Waals surface area contributed by atoms with Gasteiger partial charge >= 0.3 is 0 Å². The molecule has 1 rings (SSSR count). The number of phenolic OH excluding ortho intramolecular Hbond substituents is 1. The van der Waals surface area contributed by atoms with Crippen LogP contribution in [-0.2, 0) is 5.41 Å². The molecule has 0 saturated heterocycles. The first-order chi connectivity index (χ1) is 6.92. The number of aliphatic hydroxyl groups excluding tert-OH is 1. The van der Waals surface area contributed by atoms with Crippen molar-refractivity contribution in [3.63, 3.8) is 0 Å². The monoisotopic (exact) mass is 230 g/mol. The first-order valence-electron chi connectivity index (χ1n) is 4.60. The van der Waals surface area contributed by atoms with Gasteiger partial charge in [-0.2, -0.15) is 0 Å². The third-order valence-corrected chi connectivity index (χ3v) is 2.71. The molecule has 1 aromatic carbocycles. The Morgan fingerprint density at radius 1 is 1.40 bits per heavy atom. The van der Waals surface area contributed by atoms with Gasteiger partial charge in [0.05, 0.1) is 13.7 Å². The number of rotatable bonds is 3. The van der Waals surface area contributed by atoms with Gasteiger partial charge in [-0.05, 0) is 11.6 Å². The zero-order chi connectivity index (χ0) is 11.6. The van der Waals surface area contributed by atoms with Crippen LogP contribution in [0.15, 0.2) is 12.1 Å². The largest absolute Gasteiger partial charge is 0.504 e. The fraction of sp³-hybridized carbons (Fsp3) is 0.455. The highest BCUT2D eigenvalue weighted by molar-refractivity contribution is 6.31. The molecular formula is C11H15ClO3. The van der Waals surface area contributed by atoms with E-state index in [4.69, 9.17) is 16.3 Å². The molecule has 0 amide bonds. The lowest BCUT2D eigenvalue weighted by molar-refractivity contribution is 0.218. The second-order valence-electron chi connectivity index (χ2n) is 4.05. The quantitative estimate of drug-likeness (QED) is 0.838. The van der Waals surface area contributed by atoms with E-state index in [0.29, 0.717) is 10.8 Å². The van der Waals surface area contributed by atoms with E-state index < -0.39 is 5.41 Å². The van der Waals surface area contributed by atoms with Gasteiger partial charge in [0.15, 0.2) is 11.5 Å². The molecule has 15 heavy (non-hydrogen) atoms. The van der Waals surface area contributed by atoms with Crippen LogP contribution < -0.4 is 4.74 Å². The van der Waals surface area contributed by atoms with Crippen LogP contribution in [0.3, 0.4) is 0 Å². The molecule has 0 saturated carbocycles. The summed E-state index contributed by atoms with van der Waals surface area (Å²) in [5.41, 5.74) is 0.291. The summed E-state index contributed by atoms with van der Waals surface area (Å²) in [4.78, 5) is 0. The van der Waals surface area contributed by atoms with Crippen molar-refractivity contribution in [1.82, 2.24) is 0 Å². The number of halogens is 1. The predicted molar refractivity (Wildman–Crippen MR) is 59.8 cm³/mol. The normalized spacial score (nSPS) is 11.5. The lowest BCUT2D eigenvalue weighted by atomic mass is 9.85. The minimum atomic E-state index is -0.460. The van der Waals surface area contributed by atoms with Gasteiger partial charge in [-0.1, -0.05) is 25.4 Å². The number of methoxy groups -OCH3 is 1. The summed E-state index contributed by atoms with van der Waals surface area (Å²) < 4.78 is 4.99. The maximum absolute atomic E-state index is 9.48. The number of hydrogen-bond acceptors (Lipinski definition) is 3. The van der Waals surface area contributed by atoms with Crippen molar-refractivity contribution in [2.75, 3.05) is 13.7 Å². The molecule has 0 unspecified atom stereocenters. The molecule has 4 heteroatoms. The van der Waals surface area contributed by atoms with Gasteiger partial charge in [-0.25, -0.2) is 0 Å². The van der Waals surface area contributed by atoms with Crippen LogP contribution in [0.5, 0.6) is 11.5 Å². The summed E-state index contributed by atoms with van der Waals surface area (Å²) in [5.74, 6) is 0.357. The van der Waals surface area contributed by atoms with E-state index in [9.17, 15) is 10.2 Å². The molecule has 0 fully saturated rings. The number of phenols is 1. The molecule has 3 nitrogen and oxygen atoms in total. The van der Waals surface area contributed by atoms with Gasteiger partial charge in [0, 0.05) is 16.5 Å². The minimum Gasteiger partial charge on any atom is -0.504 e. The van der Waals surface area contributed by atoms with Crippen LogP contribution in [0.4, 0.5) is 0 Å². The number of aromatic hydroxyl groups is 1. The summed E-state index contributed by atoms with van der Waals surface area (Å²) in [5, 5.41) is 19.1. The first kappa shape index (κ1) is 12.1. The first-order valence-corrected chi connectivity index (χ1v) is 4.98. The molecule has 0 spiro atoms. The van der Waals surface area contributed by atoms with E-state index >= 15 is 0 Å². The van der Waals surface area contributed by atoms with E-state index in [-0.39, 0.29) is 12.4 Å². The molecule has 0 aliphatic rings. The van der Waals surface area contributed by atoms with E-state index in [1.807, 2.05) is 13.8 Å². The molecule has 0 radical (unpaired) electrons. The van der Waals surface area contributed by atoms with E-state index in [1.54, 1.807) is 6.07 Å². The molecule has 0 aromatic heterocycles. The summed E-state index contributed by atoms with van der Waals surface area (Å²) in [6.45, 7) is 3.70. The summed E-state index contributed by atoms with van der Waals surface area (Å²) in [7, 11) is 1.47. The Balaban J connectivity index is 3.30. The van der Waals surface area contributed by atoms with Crippen molar-refractivity contribution in [2.24, 2.45) is 0 Å². The standard InChI is InChI=1S/C11H15ClO3/c1-11(2,6-13)7-4-10(15-3)9(14)5-8(7)12/h4-5,13-14H,6H2,1-3H3. The van der Waals surface area contributed by atoms with Crippen molar-refractivity contribution in [2.45, 2.75) is 19.3 Å². The van der Waals surface area contributed by atoms with Crippen LogP contribution in [0.1, 0.15) is 19.4 Å². The summed E-state index contributed by atoms with van der Waals surface area (Å²) in [6, 6.07) is 3.07. The van der Waals surface area contributed by atoms with Gasteiger partial charge in [0.1, 0.15) is 0 Å². The van der Waals surface area contributed by atoms with Gasteiger partial charge in [0.25, 0.3) is 0 Å². The molecule has 0 bridgehead atoms. The Morgan fingerprint density at radius 3 is 2.47 bits per heavy atom. The summed E-state index contributed by atoms with van der Waals surface area (Å²) in [6.07, 6.45) is 0. The van der Waals surface area contributed by atoms with Crippen LogP contribution in [0.2, 0.25) is 5.02 Å². The van der Waals surface area contributed by atoms with Crippen LogP contribution in [0, 0.1) is 0 Å². The van der Waals surface area contributed by atoms with E-state index in [0.717, 1.165) is 5.56 Å². The Bertz CT molecular complexity index is 361. The Labute approximate surface area is 94.3 Å². The second-order valence-corrected chi connectivity index (χ2v) is 4.45. The van der Waals surface area contributed by atoms with Crippen molar-refractivity contribution in [3.8, 4) is 11.5 Å². The third-order valence-electron chi connectivity index (χ3n) is 2.39. The zero-order valence-corrected chi connectivity index (χ0v) is 9.80. The van der Waals surface area contributed by atoms with Crippen molar-refractivity contribution < 1.29 is 14.9 Å². The molecule has 1 aromatic rings. The predicted octanol–water partition coefficient (Wildman–Crippen LogP) is 2.32. The average Bonchev–Trinajstić information content (AvgIpc) is 2.17. The van der Waals surface area contributed by atoms with Crippen LogP contribution >= 0.6 is 11.6 Å². The highest BCUT2D eigenvalue weighted by Crippen LogP contribution is 2.37. The van der Waals surface area contributed by atoms with Crippen LogP contribution in [-0.4, -0.2) is 23.9 Å². The number of ether oxygens (including phenoxy) is 1. The van der Waals surface area contributed by atoms with Gasteiger partial charge in [-0.3, -0.25) is 0 Å². The molecule has 0 atom stereocenters. The van der Waals surface area contributed by atoms with E-state index in [2.05, 4.69) is 0 Å². The minimum absolute atomic E-state index is 0.00000945. The molecule has 0 aliphatic heterocycles. The zero-order valence-electron chi connectivity index (χ0n) is 9.04. The highest BCUT2D eigenvalue weighted by Gasteiger charge is 2.24. The third kappa shape index (κ3) is 2.36. The Morgan fingerprint density at radius 2 is 2.00 bits per heavy atom. The SMILES string of the molecule is COc1cc(C(C)(C)CO)c(Cl)cc1O. The fourth-order valence-electron chi connectivity index (χ4n) is 1.31. The molecule has 84 valence electrons. The Kier molecular flexibility index (Phi) is 3.47. The Hall–Kier alpha value is -0.930. The maximum atomic E-state index is 9.48. The lowest BCUT2D eigenvalue weighted by Crippen LogP contribution is -2.22.